The Hall–Kier alpha value is -3.83. The summed E-state index contributed by atoms with van der Waals surface area (Å²) in [7, 11) is 0. The van der Waals surface area contributed by atoms with E-state index in [-0.39, 0.29) is 35.4 Å². The van der Waals surface area contributed by atoms with Gasteiger partial charge in [0.25, 0.3) is 11.8 Å². The van der Waals surface area contributed by atoms with E-state index in [9.17, 15) is 28.8 Å². The molecule has 2 saturated carbocycles. The second kappa shape index (κ2) is 17.4. The topological polar surface area (TPSA) is 167 Å². The molecular formula is C38H58N6O6. The van der Waals surface area contributed by atoms with Crippen molar-refractivity contribution in [1.82, 2.24) is 31.2 Å². The predicted octanol–water partition coefficient (Wildman–Crippen LogP) is 3.69. The summed E-state index contributed by atoms with van der Waals surface area (Å²) < 4.78 is 0. The molecule has 1 aliphatic heterocycles. The van der Waals surface area contributed by atoms with Gasteiger partial charge in [0.15, 0.2) is 0 Å². The molecule has 1 saturated heterocycles. The van der Waals surface area contributed by atoms with Gasteiger partial charge in [-0.25, -0.2) is 0 Å². The molecule has 6 atom stereocenters. The molecule has 4 N–H and O–H groups in total. The minimum absolute atomic E-state index is 0.00720. The molecule has 3 aliphatic rings. The van der Waals surface area contributed by atoms with Crippen LogP contribution in [0.4, 0.5) is 0 Å². The quantitative estimate of drug-likeness (QED) is 0.203. The summed E-state index contributed by atoms with van der Waals surface area (Å²) in [6.45, 7) is 11.8. The number of Topliss-reactive ketones (excluding diaryl/α,β-unsaturated/α-hetero) is 1. The van der Waals surface area contributed by atoms with Crippen molar-refractivity contribution in [3.05, 3.63) is 30.1 Å². The minimum Gasteiger partial charge on any atom is -0.347 e. The minimum atomic E-state index is -1.01. The number of aromatic nitrogens is 1. The molecule has 50 heavy (non-hydrogen) atoms. The molecule has 2 aliphatic carbocycles. The highest BCUT2D eigenvalue weighted by Gasteiger charge is 2.49. The average Bonchev–Trinajstić information content (AvgIpc) is 3.85. The first-order chi connectivity index (χ1) is 23.8. The van der Waals surface area contributed by atoms with Crippen LogP contribution in [0.3, 0.4) is 0 Å². The van der Waals surface area contributed by atoms with Gasteiger partial charge in [-0.15, -0.1) is 0 Å². The predicted molar refractivity (Wildman–Crippen MR) is 190 cm³/mol. The summed E-state index contributed by atoms with van der Waals surface area (Å²) in [5.41, 5.74) is -0.542. The van der Waals surface area contributed by atoms with Crippen LogP contribution < -0.4 is 21.3 Å². The van der Waals surface area contributed by atoms with E-state index in [2.05, 4.69) is 33.2 Å². The van der Waals surface area contributed by atoms with Crippen molar-refractivity contribution in [1.29, 1.82) is 0 Å². The number of nitrogens with one attached hydrogen (secondary N) is 4. The number of pyridine rings is 1. The number of hydrogen-bond donors (Lipinski definition) is 4. The van der Waals surface area contributed by atoms with Crippen molar-refractivity contribution in [2.45, 2.75) is 142 Å². The Kier molecular flexibility index (Phi) is 13.6. The van der Waals surface area contributed by atoms with Gasteiger partial charge in [0.05, 0.1) is 6.04 Å². The number of nitrogens with zero attached hydrogens (tertiary/aromatic N) is 2. The van der Waals surface area contributed by atoms with Crippen LogP contribution in [0.25, 0.3) is 0 Å². The second-order valence-corrected chi connectivity index (χ2v) is 15.7. The van der Waals surface area contributed by atoms with E-state index in [1.807, 2.05) is 34.6 Å². The van der Waals surface area contributed by atoms with E-state index in [4.69, 9.17) is 0 Å². The van der Waals surface area contributed by atoms with Crippen molar-refractivity contribution in [2.24, 2.45) is 23.2 Å². The van der Waals surface area contributed by atoms with Crippen molar-refractivity contribution < 1.29 is 28.8 Å². The summed E-state index contributed by atoms with van der Waals surface area (Å²) in [5, 5.41) is 11.5. The van der Waals surface area contributed by atoms with Gasteiger partial charge in [-0.05, 0) is 73.8 Å². The number of carbonyl (C=O) groups is 6. The van der Waals surface area contributed by atoms with Gasteiger partial charge < -0.3 is 26.2 Å². The Morgan fingerprint density at radius 2 is 1.62 bits per heavy atom. The van der Waals surface area contributed by atoms with E-state index in [0.29, 0.717) is 19.4 Å². The highest BCUT2D eigenvalue weighted by Crippen LogP contribution is 2.36. The number of ketones is 1. The molecule has 4 rings (SSSR count). The molecule has 3 fully saturated rings. The molecule has 276 valence electrons. The monoisotopic (exact) mass is 694 g/mol. The van der Waals surface area contributed by atoms with Crippen LogP contribution in [0.1, 0.15) is 123 Å². The summed E-state index contributed by atoms with van der Waals surface area (Å²) in [4.78, 5) is 87.7. The van der Waals surface area contributed by atoms with Crippen LogP contribution in [-0.4, -0.2) is 82.0 Å². The molecular weight excluding hydrogens is 636 g/mol. The lowest BCUT2D eigenvalue weighted by atomic mass is 9.82. The van der Waals surface area contributed by atoms with Crippen molar-refractivity contribution in [2.75, 3.05) is 6.54 Å². The van der Waals surface area contributed by atoms with E-state index in [1.54, 1.807) is 23.1 Å². The average molecular weight is 695 g/mol. The van der Waals surface area contributed by atoms with Gasteiger partial charge in [0.2, 0.25) is 23.5 Å². The molecule has 0 spiro atoms. The Morgan fingerprint density at radius 3 is 2.20 bits per heavy atom. The van der Waals surface area contributed by atoms with Gasteiger partial charge >= 0.3 is 0 Å². The van der Waals surface area contributed by atoms with Crippen molar-refractivity contribution >= 4 is 35.3 Å². The second-order valence-electron chi connectivity index (χ2n) is 15.7. The number of rotatable bonds is 15. The zero-order valence-corrected chi connectivity index (χ0v) is 30.8. The zero-order valence-electron chi connectivity index (χ0n) is 30.8. The van der Waals surface area contributed by atoms with Crippen molar-refractivity contribution in [3.63, 3.8) is 0 Å². The van der Waals surface area contributed by atoms with E-state index >= 15 is 0 Å². The highest BCUT2D eigenvalue weighted by molar-refractivity contribution is 6.38. The molecule has 0 unspecified atom stereocenters. The fourth-order valence-corrected chi connectivity index (χ4v) is 7.49. The van der Waals surface area contributed by atoms with Crippen molar-refractivity contribution in [3.8, 4) is 0 Å². The van der Waals surface area contributed by atoms with Gasteiger partial charge in [-0.3, -0.25) is 33.8 Å². The van der Waals surface area contributed by atoms with Crippen LogP contribution >= 0.6 is 0 Å². The van der Waals surface area contributed by atoms with Crippen LogP contribution in [0.2, 0.25) is 0 Å². The standard InChI is InChI=1S/C38H58N6O6/c1-7-14-25-22-44(30(23(25)3)35(48)41-27(15-8-2)31(45)36(49)40-26-19-20-26)37(50)32(38(4,5)6)43-34(47)29(24-16-10-9-11-17-24)42-33(46)28-18-12-13-21-39-28/h12-13,18,21,23-27,29-30,32H,7-11,14-17,19-20,22H2,1-6H3,(H,40,49)(H,41,48)(H,42,46)(H,43,47)/t23-,25-,27-,29-,30-,32+/m0/s1. The molecule has 5 amide bonds. The van der Waals surface area contributed by atoms with E-state index in [0.717, 1.165) is 57.8 Å². The number of likely N-dealkylation sites (tertiary alicyclic amines) is 1. The normalized spacial score (nSPS) is 22.9. The summed E-state index contributed by atoms with van der Waals surface area (Å²) >= 11 is 0. The third kappa shape index (κ3) is 9.90. The fourth-order valence-electron chi connectivity index (χ4n) is 7.49. The van der Waals surface area contributed by atoms with Crippen LogP contribution in [0.5, 0.6) is 0 Å². The number of carbonyl (C=O) groups excluding carboxylic acids is 6. The molecule has 1 aromatic heterocycles. The number of amides is 5. The van der Waals surface area contributed by atoms with E-state index in [1.165, 1.54) is 6.20 Å². The third-order valence-corrected chi connectivity index (χ3v) is 10.6. The summed E-state index contributed by atoms with van der Waals surface area (Å²) in [6.07, 6.45) is 10.2. The first-order valence-electron chi connectivity index (χ1n) is 18.7. The highest BCUT2D eigenvalue weighted by atomic mass is 16.2. The smallest absolute Gasteiger partial charge is 0.289 e. The third-order valence-electron chi connectivity index (χ3n) is 10.6. The maximum absolute atomic E-state index is 14.7. The SMILES string of the molecule is CCC[C@H]1CN(C(=O)[C@@H](NC(=O)[C@@H](NC(=O)c2ccccn2)C2CCCCC2)C(C)(C)C)[C@H](C(=O)N[C@@H](CCC)C(=O)C(=O)NC2CC2)[C@H]1C. The molecule has 0 radical (unpaired) electrons. The molecule has 12 heteroatoms. The lowest BCUT2D eigenvalue weighted by molar-refractivity contribution is -0.146. The van der Waals surface area contributed by atoms with Gasteiger partial charge in [-0.2, -0.15) is 0 Å². The molecule has 0 bridgehead atoms. The maximum atomic E-state index is 14.7. The Bertz CT molecular complexity index is 1370. The van der Waals surface area contributed by atoms with Gasteiger partial charge in [-0.1, -0.05) is 79.7 Å². The molecule has 1 aromatic rings. The summed E-state index contributed by atoms with van der Waals surface area (Å²) in [5.74, 6) is -3.42. The largest absolute Gasteiger partial charge is 0.347 e. The van der Waals surface area contributed by atoms with Gasteiger partial charge in [0.1, 0.15) is 23.8 Å². The lowest BCUT2D eigenvalue weighted by Gasteiger charge is -2.38. The number of hydrogen-bond acceptors (Lipinski definition) is 7. The Labute approximate surface area is 297 Å². The Balaban J connectivity index is 1.58. The lowest BCUT2D eigenvalue weighted by Crippen LogP contribution is -2.62. The van der Waals surface area contributed by atoms with Crippen LogP contribution in [0, 0.1) is 23.2 Å². The van der Waals surface area contributed by atoms with Crippen LogP contribution in [0.15, 0.2) is 24.4 Å². The first kappa shape index (κ1) is 39.0. The van der Waals surface area contributed by atoms with Crippen LogP contribution in [-0.2, 0) is 24.0 Å². The first-order valence-corrected chi connectivity index (χ1v) is 18.7. The fraction of sp³-hybridized carbons (Fsp3) is 0.711. The molecule has 12 nitrogen and oxygen atoms in total. The molecule has 0 aromatic carbocycles. The van der Waals surface area contributed by atoms with Gasteiger partial charge in [0, 0.05) is 18.8 Å². The zero-order chi connectivity index (χ0) is 36.6. The summed E-state index contributed by atoms with van der Waals surface area (Å²) in [6, 6.07) is 1.26. The molecule has 2 heterocycles. The maximum Gasteiger partial charge on any atom is 0.289 e. The van der Waals surface area contributed by atoms with E-state index < -0.39 is 59.0 Å². The Morgan fingerprint density at radius 1 is 0.920 bits per heavy atom.